The van der Waals surface area contributed by atoms with Gasteiger partial charge in [0, 0.05) is 35.2 Å². The van der Waals surface area contributed by atoms with Crippen LogP contribution in [0.5, 0.6) is 5.75 Å². The molecule has 0 radical (unpaired) electrons. The molecule has 162 valence electrons. The summed E-state index contributed by atoms with van der Waals surface area (Å²) in [6.45, 7) is 1.78. The van der Waals surface area contributed by atoms with Crippen LogP contribution in [0.25, 0.3) is 0 Å². The average molecular weight is 431 g/mol. The van der Waals surface area contributed by atoms with Gasteiger partial charge in [-0.2, -0.15) is 5.10 Å². The minimum absolute atomic E-state index is 0.136. The Balaban J connectivity index is 1.48. The van der Waals surface area contributed by atoms with Crippen LogP contribution in [0.3, 0.4) is 0 Å². The Hall–Kier alpha value is -4.20. The van der Waals surface area contributed by atoms with Crippen LogP contribution in [-0.2, 0) is 11.2 Å². The first-order chi connectivity index (χ1) is 15.4. The highest BCUT2D eigenvalue weighted by Crippen LogP contribution is 2.27. The summed E-state index contributed by atoms with van der Waals surface area (Å²) < 4.78 is 5.18. The molecule has 1 aliphatic heterocycles. The van der Waals surface area contributed by atoms with Gasteiger partial charge in [-0.3, -0.25) is 9.59 Å². The van der Waals surface area contributed by atoms with Crippen molar-refractivity contribution in [2.45, 2.75) is 13.3 Å². The number of nitrogens with zero attached hydrogens (tertiary/aromatic N) is 2. The molecule has 2 aromatic carbocycles. The number of rotatable bonds is 7. The second-order valence-corrected chi connectivity index (χ2v) is 7.47. The van der Waals surface area contributed by atoms with E-state index in [-0.39, 0.29) is 17.3 Å². The lowest BCUT2D eigenvalue weighted by atomic mass is 9.97. The van der Waals surface area contributed by atoms with Gasteiger partial charge < -0.3 is 14.8 Å². The number of aromatic carboxylic acids is 1. The zero-order chi connectivity index (χ0) is 22.8. The average Bonchev–Trinajstić information content (AvgIpc) is 3.39. The summed E-state index contributed by atoms with van der Waals surface area (Å²) in [6, 6.07) is 14.7. The minimum Gasteiger partial charge on any atom is -0.497 e. The number of amides is 1. The number of benzene rings is 2. The van der Waals surface area contributed by atoms with Crippen LogP contribution < -0.4 is 9.75 Å². The summed E-state index contributed by atoms with van der Waals surface area (Å²) in [4.78, 5) is 39.9. The third-order valence-electron chi connectivity index (χ3n) is 5.39. The molecular formula is C24H21N3O5. The third-order valence-corrected chi connectivity index (χ3v) is 5.39. The molecule has 32 heavy (non-hydrogen) atoms. The number of aromatic nitrogens is 1. The topological polar surface area (TPSA) is 112 Å². The van der Waals surface area contributed by atoms with Gasteiger partial charge in [0.1, 0.15) is 5.75 Å². The largest absolute Gasteiger partial charge is 0.497 e. The number of methoxy groups -OCH3 is 1. The second-order valence-electron chi connectivity index (χ2n) is 7.47. The van der Waals surface area contributed by atoms with Crippen molar-refractivity contribution in [3.05, 3.63) is 83.2 Å². The number of carboxylic acids is 1. The van der Waals surface area contributed by atoms with Gasteiger partial charge in [-0.25, -0.2) is 9.80 Å². The number of aromatic amines is 1. The van der Waals surface area contributed by atoms with E-state index in [0.29, 0.717) is 34.7 Å². The van der Waals surface area contributed by atoms with E-state index in [9.17, 15) is 14.4 Å². The van der Waals surface area contributed by atoms with E-state index < -0.39 is 11.9 Å². The molecule has 0 bridgehead atoms. The minimum atomic E-state index is -1.03. The van der Waals surface area contributed by atoms with E-state index >= 15 is 0 Å². The number of hydrogen-bond donors (Lipinski definition) is 2. The number of hydrogen-bond acceptors (Lipinski definition) is 5. The van der Waals surface area contributed by atoms with E-state index in [2.05, 4.69) is 10.1 Å². The Kier molecular flexibility index (Phi) is 5.59. The fourth-order valence-electron chi connectivity index (χ4n) is 3.61. The van der Waals surface area contributed by atoms with Crippen molar-refractivity contribution in [2.75, 3.05) is 12.1 Å². The molecule has 8 nitrogen and oxygen atoms in total. The van der Waals surface area contributed by atoms with Gasteiger partial charge in [0.05, 0.1) is 24.3 Å². The standard InChI is InChI=1S/C24H21N3O5/c1-14-21(23(29)27(26-14)19-8-6-15(7-9-19)24(30)31)12-18-10-17(13-25-18)22(28)16-4-3-5-20(11-16)32-2/h3-11,13,21,25H,12H2,1-2H3,(H,30,31). The molecule has 3 aromatic rings. The lowest BCUT2D eigenvalue weighted by Gasteiger charge is -2.14. The first-order valence-electron chi connectivity index (χ1n) is 9.96. The number of hydrazone groups is 1. The van der Waals surface area contributed by atoms with E-state index in [1.807, 2.05) is 0 Å². The number of carbonyl (C=O) groups is 3. The first kappa shape index (κ1) is 21.0. The van der Waals surface area contributed by atoms with Crippen LogP contribution in [0.1, 0.15) is 38.9 Å². The molecule has 2 N–H and O–H groups in total. The van der Waals surface area contributed by atoms with Gasteiger partial charge in [-0.15, -0.1) is 0 Å². The molecule has 1 amide bonds. The molecule has 0 fully saturated rings. The zero-order valence-corrected chi connectivity index (χ0v) is 17.5. The molecule has 2 heterocycles. The Bertz CT molecular complexity index is 1230. The van der Waals surface area contributed by atoms with Gasteiger partial charge in [-0.05, 0) is 49.4 Å². The number of nitrogens with one attached hydrogen (secondary N) is 1. The van der Waals surface area contributed by atoms with Crippen molar-refractivity contribution in [1.82, 2.24) is 4.98 Å². The van der Waals surface area contributed by atoms with E-state index in [0.717, 1.165) is 5.69 Å². The molecule has 0 aliphatic carbocycles. The number of ether oxygens (including phenoxy) is 1. The Labute approximate surface area is 184 Å². The highest BCUT2D eigenvalue weighted by atomic mass is 16.5. The predicted molar refractivity (Wildman–Crippen MR) is 118 cm³/mol. The second kappa shape index (κ2) is 8.50. The van der Waals surface area contributed by atoms with Crippen LogP contribution in [0.4, 0.5) is 5.69 Å². The summed E-state index contributed by atoms with van der Waals surface area (Å²) in [6.07, 6.45) is 1.99. The van der Waals surface area contributed by atoms with Gasteiger partial charge in [0.15, 0.2) is 5.78 Å². The smallest absolute Gasteiger partial charge is 0.335 e. The molecule has 8 heteroatoms. The maximum atomic E-state index is 13.0. The molecule has 1 aliphatic rings. The summed E-state index contributed by atoms with van der Waals surface area (Å²) >= 11 is 0. The van der Waals surface area contributed by atoms with E-state index in [1.54, 1.807) is 62.7 Å². The molecule has 1 atom stereocenters. The summed E-state index contributed by atoms with van der Waals surface area (Å²) in [5.74, 6) is -1.26. The van der Waals surface area contributed by atoms with Crippen molar-refractivity contribution in [3.63, 3.8) is 0 Å². The predicted octanol–water partition coefficient (Wildman–Crippen LogP) is 3.53. The van der Waals surface area contributed by atoms with Crippen LogP contribution in [0, 0.1) is 5.92 Å². The fourth-order valence-corrected chi connectivity index (χ4v) is 3.61. The lowest BCUT2D eigenvalue weighted by molar-refractivity contribution is -0.119. The zero-order valence-electron chi connectivity index (χ0n) is 17.5. The Morgan fingerprint density at radius 3 is 2.53 bits per heavy atom. The van der Waals surface area contributed by atoms with Gasteiger partial charge >= 0.3 is 5.97 Å². The van der Waals surface area contributed by atoms with Gasteiger partial charge in [0.25, 0.3) is 5.91 Å². The molecular weight excluding hydrogens is 410 g/mol. The molecule has 0 spiro atoms. The molecule has 1 unspecified atom stereocenters. The Morgan fingerprint density at radius 1 is 1.09 bits per heavy atom. The maximum absolute atomic E-state index is 13.0. The molecule has 4 rings (SSSR count). The van der Waals surface area contributed by atoms with Crippen molar-refractivity contribution < 1.29 is 24.2 Å². The van der Waals surface area contributed by atoms with Crippen LogP contribution in [0.15, 0.2) is 65.9 Å². The summed E-state index contributed by atoms with van der Waals surface area (Å²) in [7, 11) is 1.55. The first-order valence-corrected chi connectivity index (χ1v) is 9.96. The van der Waals surface area contributed by atoms with Crippen molar-refractivity contribution in [1.29, 1.82) is 0 Å². The summed E-state index contributed by atoms with van der Waals surface area (Å²) in [5.41, 5.74) is 3.04. The van der Waals surface area contributed by atoms with Crippen molar-refractivity contribution >= 4 is 29.1 Å². The molecule has 1 aromatic heterocycles. The lowest BCUT2D eigenvalue weighted by Crippen LogP contribution is -2.28. The highest BCUT2D eigenvalue weighted by molar-refractivity contribution is 6.15. The van der Waals surface area contributed by atoms with Crippen LogP contribution in [0.2, 0.25) is 0 Å². The number of carbonyl (C=O) groups excluding carboxylic acids is 2. The van der Waals surface area contributed by atoms with E-state index in [4.69, 9.17) is 9.84 Å². The highest BCUT2D eigenvalue weighted by Gasteiger charge is 2.34. The third kappa shape index (κ3) is 4.02. The summed E-state index contributed by atoms with van der Waals surface area (Å²) in [5, 5.41) is 14.7. The Morgan fingerprint density at radius 2 is 1.84 bits per heavy atom. The maximum Gasteiger partial charge on any atom is 0.335 e. The van der Waals surface area contributed by atoms with Gasteiger partial charge in [-0.1, -0.05) is 12.1 Å². The van der Waals surface area contributed by atoms with Crippen LogP contribution in [-0.4, -0.2) is 40.6 Å². The van der Waals surface area contributed by atoms with Crippen molar-refractivity contribution in [3.8, 4) is 5.75 Å². The quantitative estimate of drug-likeness (QED) is 0.556. The van der Waals surface area contributed by atoms with E-state index in [1.165, 1.54) is 17.1 Å². The number of carboxylic acid groups (broad SMARTS) is 1. The number of anilines is 1. The molecule has 0 saturated heterocycles. The fraction of sp³-hybridized carbons (Fsp3) is 0.167. The van der Waals surface area contributed by atoms with Crippen molar-refractivity contribution in [2.24, 2.45) is 11.0 Å². The van der Waals surface area contributed by atoms with Gasteiger partial charge in [0.2, 0.25) is 0 Å². The molecule has 0 saturated carbocycles. The number of ketones is 1. The number of H-pyrrole nitrogens is 1. The SMILES string of the molecule is COc1cccc(C(=O)c2c[nH]c(CC3C(=O)N(c4ccc(C(=O)O)cc4)N=C3C)c2)c1. The van der Waals surface area contributed by atoms with Crippen LogP contribution >= 0.6 is 0 Å². The monoisotopic (exact) mass is 431 g/mol. The normalized spacial score (nSPS) is 15.6.